The van der Waals surface area contributed by atoms with Gasteiger partial charge in [-0.25, -0.2) is 14.4 Å². The molecule has 0 bridgehead atoms. The molecule has 4 atom stereocenters. The van der Waals surface area contributed by atoms with Gasteiger partial charge in [0.2, 0.25) is 0 Å². The van der Waals surface area contributed by atoms with E-state index < -0.39 is 36.1 Å². The summed E-state index contributed by atoms with van der Waals surface area (Å²) in [5.41, 5.74) is 5.30. The second kappa shape index (κ2) is 18.9. The van der Waals surface area contributed by atoms with Crippen molar-refractivity contribution in [2.75, 3.05) is 26.9 Å². The lowest BCUT2D eigenvalue weighted by atomic mass is 9.86. The number of methoxy groups -OCH3 is 1. The Bertz CT molecular complexity index is 1040. The molecule has 3 unspecified atom stereocenters. The van der Waals surface area contributed by atoms with E-state index in [2.05, 4.69) is 0 Å². The Morgan fingerprint density at radius 2 is 1.37 bits per heavy atom. The Labute approximate surface area is 254 Å². The molecule has 0 aromatic heterocycles. The fraction of sp³-hybridized carbons (Fsp3) is 0.677. The van der Waals surface area contributed by atoms with E-state index in [0.29, 0.717) is 17.9 Å². The van der Waals surface area contributed by atoms with E-state index in [4.69, 9.17) is 38.9 Å². The van der Waals surface area contributed by atoms with Crippen LogP contribution in [0.25, 0.3) is 0 Å². The second-order valence-electron chi connectivity index (χ2n) is 11.4. The SMILES string of the molecule is CCC(C)COC(=O)Oc1ccc(CC(N)(C[C@H](C)OC(=O)OCCC(C)C)C(=O)OC)cc1OC(=O)OCC(C)CC. The van der Waals surface area contributed by atoms with Gasteiger partial charge >= 0.3 is 24.4 Å². The Morgan fingerprint density at radius 1 is 0.814 bits per heavy atom. The van der Waals surface area contributed by atoms with Gasteiger partial charge in [-0.2, -0.15) is 0 Å². The van der Waals surface area contributed by atoms with Gasteiger partial charge in [0.25, 0.3) is 0 Å². The lowest BCUT2D eigenvalue weighted by molar-refractivity contribution is -0.148. The molecule has 12 heteroatoms. The number of rotatable bonds is 17. The van der Waals surface area contributed by atoms with Crippen LogP contribution in [0.1, 0.15) is 79.7 Å². The minimum atomic E-state index is -1.64. The van der Waals surface area contributed by atoms with Crippen molar-refractivity contribution in [3.05, 3.63) is 23.8 Å². The van der Waals surface area contributed by atoms with E-state index in [9.17, 15) is 19.2 Å². The van der Waals surface area contributed by atoms with Gasteiger partial charge in [0.15, 0.2) is 11.5 Å². The van der Waals surface area contributed by atoms with Crippen molar-refractivity contribution in [3.63, 3.8) is 0 Å². The molecule has 0 spiro atoms. The normalized spacial score (nSPS) is 14.5. The fourth-order valence-electron chi connectivity index (χ4n) is 3.65. The third-order valence-corrected chi connectivity index (χ3v) is 6.74. The molecule has 2 N–H and O–H groups in total. The summed E-state index contributed by atoms with van der Waals surface area (Å²) >= 11 is 0. The Balaban J connectivity index is 3.16. The summed E-state index contributed by atoms with van der Waals surface area (Å²) in [6.07, 6.45) is -1.57. The Morgan fingerprint density at radius 3 is 1.88 bits per heavy atom. The third kappa shape index (κ3) is 14.5. The molecule has 0 amide bonds. The molecule has 0 fully saturated rings. The van der Waals surface area contributed by atoms with Crippen molar-refractivity contribution in [3.8, 4) is 11.5 Å². The van der Waals surface area contributed by atoms with Crippen LogP contribution in [0.5, 0.6) is 11.5 Å². The van der Waals surface area contributed by atoms with Crippen LogP contribution >= 0.6 is 0 Å². The van der Waals surface area contributed by atoms with Gasteiger partial charge in [-0.05, 0) is 48.8 Å². The van der Waals surface area contributed by atoms with E-state index in [0.717, 1.165) is 12.8 Å². The smallest absolute Gasteiger partial charge is 0.468 e. The van der Waals surface area contributed by atoms with E-state index in [1.165, 1.54) is 19.2 Å². The number of nitrogens with two attached hydrogens (primary N) is 1. The lowest BCUT2D eigenvalue weighted by Gasteiger charge is -2.29. The van der Waals surface area contributed by atoms with Crippen molar-refractivity contribution in [1.29, 1.82) is 0 Å². The number of ether oxygens (including phenoxy) is 7. The predicted octanol–water partition coefficient (Wildman–Crippen LogP) is 6.20. The highest BCUT2D eigenvalue weighted by atomic mass is 16.7. The highest BCUT2D eigenvalue weighted by molar-refractivity contribution is 5.81. The summed E-state index contributed by atoms with van der Waals surface area (Å²) in [6, 6.07) is 4.34. The summed E-state index contributed by atoms with van der Waals surface area (Å²) in [7, 11) is 1.19. The molecule has 12 nitrogen and oxygen atoms in total. The van der Waals surface area contributed by atoms with Crippen molar-refractivity contribution in [1.82, 2.24) is 0 Å². The number of esters is 1. The molecule has 0 aliphatic heterocycles. The number of benzene rings is 1. The molecule has 0 radical (unpaired) electrons. The number of carbonyl (C=O) groups excluding carboxylic acids is 4. The van der Waals surface area contributed by atoms with Gasteiger partial charge in [0.1, 0.15) is 11.6 Å². The molecule has 1 aromatic rings. The zero-order valence-electron chi connectivity index (χ0n) is 26.8. The third-order valence-electron chi connectivity index (χ3n) is 6.74. The minimum absolute atomic E-state index is 0.0973. The monoisotopic (exact) mass is 611 g/mol. The molecule has 0 aliphatic carbocycles. The average molecular weight is 612 g/mol. The molecular formula is C31H49NO11. The van der Waals surface area contributed by atoms with Crippen LogP contribution in [0.3, 0.4) is 0 Å². The maximum absolute atomic E-state index is 12.8. The van der Waals surface area contributed by atoms with Crippen LogP contribution in [0.15, 0.2) is 18.2 Å². The topological polar surface area (TPSA) is 159 Å². The van der Waals surface area contributed by atoms with E-state index in [1.54, 1.807) is 13.0 Å². The average Bonchev–Trinajstić information content (AvgIpc) is 2.94. The van der Waals surface area contributed by atoms with Crippen molar-refractivity contribution in [2.45, 2.75) is 92.2 Å². The van der Waals surface area contributed by atoms with Gasteiger partial charge < -0.3 is 38.9 Å². The quantitative estimate of drug-likeness (QED) is 0.121. The first-order valence-corrected chi connectivity index (χ1v) is 14.8. The summed E-state index contributed by atoms with van der Waals surface area (Å²) < 4.78 is 36.4. The first-order valence-electron chi connectivity index (χ1n) is 14.8. The highest BCUT2D eigenvalue weighted by Gasteiger charge is 2.38. The van der Waals surface area contributed by atoms with E-state index >= 15 is 0 Å². The largest absolute Gasteiger partial charge is 0.513 e. The fourth-order valence-corrected chi connectivity index (χ4v) is 3.65. The molecule has 0 saturated heterocycles. The number of carbonyl (C=O) groups is 4. The van der Waals surface area contributed by atoms with Crippen LogP contribution in [0.2, 0.25) is 0 Å². The number of hydrogen-bond donors (Lipinski definition) is 1. The Kier molecular flexibility index (Phi) is 16.5. The first kappa shape index (κ1) is 37.5. The molecule has 43 heavy (non-hydrogen) atoms. The molecule has 0 saturated carbocycles. The van der Waals surface area contributed by atoms with Gasteiger partial charge in [-0.3, -0.25) is 4.79 Å². The molecule has 1 rings (SSSR count). The summed E-state index contributed by atoms with van der Waals surface area (Å²) in [4.78, 5) is 49.7. The lowest BCUT2D eigenvalue weighted by Crippen LogP contribution is -2.53. The van der Waals surface area contributed by atoms with Gasteiger partial charge in [-0.1, -0.05) is 60.5 Å². The zero-order valence-corrected chi connectivity index (χ0v) is 26.8. The molecule has 1 aromatic carbocycles. The van der Waals surface area contributed by atoms with Crippen LogP contribution in [-0.2, 0) is 34.9 Å². The zero-order chi connectivity index (χ0) is 32.6. The Hall–Kier alpha value is -3.54. The van der Waals surface area contributed by atoms with E-state index in [1.807, 2.05) is 41.5 Å². The maximum Gasteiger partial charge on any atom is 0.513 e. The standard InChI is InChI=1S/C31H49NO11/c1-9-21(5)18-39-29(35)42-25-12-11-24(15-26(25)43-30(36)40-19-22(6)10-2)17-31(32,27(33)37-8)16-23(7)41-28(34)38-14-13-20(3)4/h11-12,15,20-23H,9-10,13-14,16-19,32H2,1-8H3/t21?,22?,23-,31?/m0/s1. The molecular weight excluding hydrogens is 562 g/mol. The van der Waals surface area contributed by atoms with Crippen molar-refractivity contribution >= 4 is 24.4 Å². The van der Waals surface area contributed by atoms with Crippen molar-refractivity contribution < 1.29 is 52.3 Å². The van der Waals surface area contributed by atoms with Crippen LogP contribution < -0.4 is 15.2 Å². The maximum atomic E-state index is 12.8. The second-order valence-corrected chi connectivity index (χ2v) is 11.4. The summed E-state index contributed by atoms with van der Waals surface area (Å²) in [5, 5.41) is 0. The molecule has 0 heterocycles. The predicted molar refractivity (Wildman–Crippen MR) is 158 cm³/mol. The van der Waals surface area contributed by atoms with Gasteiger partial charge in [0.05, 0.1) is 26.9 Å². The first-order chi connectivity index (χ1) is 20.2. The molecule has 0 aliphatic rings. The van der Waals surface area contributed by atoms with Crippen LogP contribution in [0.4, 0.5) is 14.4 Å². The van der Waals surface area contributed by atoms with Crippen molar-refractivity contribution in [2.24, 2.45) is 23.5 Å². The van der Waals surface area contributed by atoms with E-state index in [-0.39, 0.29) is 56.0 Å². The minimum Gasteiger partial charge on any atom is -0.468 e. The van der Waals surface area contributed by atoms with Gasteiger partial charge in [0, 0.05) is 12.8 Å². The van der Waals surface area contributed by atoms with Crippen LogP contribution in [0, 0.1) is 17.8 Å². The summed E-state index contributed by atoms with van der Waals surface area (Å²) in [5.74, 6) is -0.396. The number of hydrogen-bond acceptors (Lipinski definition) is 12. The van der Waals surface area contributed by atoms with Crippen LogP contribution in [-0.4, -0.2) is 63.0 Å². The summed E-state index contributed by atoms with van der Waals surface area (Å²) in [6.45, 7) is 13.8. The molecule has 244 valence electrons. The highest BCUT2D eigenvalue weighted by Crippen LogP contribution is 2.32. The van der Waals surface area contributed by atoms with Gasteiger partial charge in [-0.15, -0.1) is 0 Å².